The number of carbonyl (C=O) groups excluding carboxylic acids is 1. The van der Waals surface area contributed by atoms with Gasteiger partial charge in [-0.3, -0.25) is 4.79 Å². The van der Waals surface area contributed by atoms with Gasteiger partial charge in [-0.2, -0.15) is 0 Å². The number of amides is 1. The molecule has 28 heavy (non-hydrogen) atoms. The van der Waals surface area contributed by atoms with Crippen LogP contribution >= 0.6 is 0 Å². The molecule has 0 atom stereocenters. The highest BCUT2D eigenvalue weighted by Crippen LogP contribution is 2.30. The van der Waals surface area contributed by atoms with Gasteiger partial charge in [0.1, 0.15) is 0 Å². The smallest absolute Gasteiger partial charge is 0.261 e. The summed E-state index contributed by atoms with van der Waals surface area (Å²) in [5.41, 5.74) is 4.27. The van der Waals surface area contributed by atoms with E-state index < -0.39 is 0 Å². The number of hydrogen-bond donors (Lipinski definition) is 0. The molecule has 0 spiro atoms. The van der Waals surface area contributed by atoms with Crippen molar-refractivity contribution in [2.45, 2.75) is 0 Å². The summed E-state index contributed by atoms with van der Waals surface area (Å²) in [6, 6.07) is 27.6. The van der Waals surface area contributed by atoms with Crippen LogP contribution in [0.3, 0.4) is 0 Å². The third-order valence-electron chi connectivity index (χ3n) is 4.59. The van der Waals surface area contributed by atoms with Crippen molar-refractivity contribution >= 4 is 11.6 Å². The second kappa shape index (κ2) is 7.84. The van der Waals surface area contributed by atoms with E-state index >= 15 is 0 Å². The zero-order chi connectivity index (χ0) is 19.3. The Bertz CT molecular complexity index is 1080. The summed E-state index contributed by atoms with van der Waals surface area (Å²) in [5, 5.41) is 0. The highest BCUT2D eigenvalue weighted by atomic mass is 16.2. The number of benzene rings is 3. The highest BCUT2D eigenvalue weighted by molar-refractivity contribution is 6.07. The van der Waals surface area contributed by atoms with Gasteiger partial charge in [-0.25, -0.2) is 9.97 Å². The van der Waals surface area contributed by atoms with Crippen molar-refractivity contribution in [1.82, 2.24) is 9.97 Å². The number of anilines is 1. The Morgan fingerprint density at radius 2 is 1.25 bits per heavy atom. The van der Waals surface area contributed by atoms with Crippen LogP contribution in [-0.2, 0) is 0 Å². The molecule has 1 aromatic heterocycles. The van der Waals surface area contributed by atoms with Crippen LogP contribution in [-0.4, -0.2) is 22.9 Å². The number of rotatable bonds is 4. The summed E-state index contributed by atoms with van der Waals surface area (Å²) < 4.78 is 0. The highest BCUT2D eigenvalue weighted by Gasteiger charge is 2.18. The van der Waals surface area contributed by atoms with Gasteiger partial charge in [-0.1, -0.05) is 78.9 Å². The Morgan fingerprint density at radius 1 is 0.714 bits per heavy atom. The lowest BCUT2D eigenvalue weighted by Gasteiger charge is -2.21. The first-order chi connectivity index (χ1) is 13.7. The molecule has 0 fully saturated rings. The predicted molar refractivity (Wildman–Crippen MR) is 112 cm³/mol. The zero-order valence-corrected chi connectivity index (χ0v) is 15.5. The molecule has 4 aromatic rings. The first-order valence-electron chi connectivity index (χ1n) is 9.04. The van der Waals surface area contributed by atoms with Crippen LogP contribution < -0.4 is 4.90 Å². The molecule has 0 radical (unpaired) electrons. The van der Waals surface area contributed by atoms with Crippen molar-refractivity contribution in [3.05, 3.63) is 103 Å². The van der Waals surface area contributed by atoms with E-state index in [4.69, 9.17) is 0 Å². The van der Waals surface area contributed by atoms with Gasteiger partial charge in [0.15, 0.2) is 5.82 Å². The Hall–Kier alpha value is -3.79. The fourth-order valence-corrected chi connectivity index (χ4v) is 3.11. The SMILES string of the molecule is CN(C(=O)c1cnc(-c2ccccc2)nc1)c1ccccc1-c1ccccc1. The summed E-state index contributed by atoms with van der Waals surface area (Å²) in [5.74, 6) is 0.451. The van der Waals surface area contributed by atoms with Gasteiger partial charge >= 0.3 is 0 Å². The van der Waals surface area contributed by atoms with Crippen molar-refractivity contribution < 1.29 is 4.79 Å². The molecule has 4 heteroatoms. The molecule has 0 aliphatic heterocycles. The van der Waals surface area contributed by atoms with Crippen molar-refractivity contribution in [1.29, 1.82) is 0 Å². The lowest BCUT2D eigenvalue weighted by Crippen LogP contribution is -2.27. The molecule has 4 rings (SSSR count). The molecule has 0 saturated heterocycles. The molecule has 0 aliphatic carbocycles. The maximum Gasteiger partial charge on any atom is 0.261 e. The molecule has 0 N–H and O–H groups in total. The molecule has 3 aromatic carbocycles. The molecular formula is C24H19N3O. The number of para-hydroxylation sites is 1. The zero-order valence-electron chi connectivity index (χ0n) is 15.5. The predicted octanol–water partition coefficient (Wildman–Crippen LogP) is 5.09. The Kier molecular flexibility index (Phi) is 4.93. The van der Waals surface area contributed by atoms with Gasteiger partial charge in [0.25, 0.3) is 5.91 Å². The van der Waals surface area contributed by atoms with Gasteiger partial charge in [-0.05, 0) is 11.6 Å². The maximum atomic E-state index is 13.0. The third-order valence-corrected chi connectivity index (χ3v) is 4.59. The van der Waals surface area contributed by atoms with Crippen LogP contribution in [0.25, 0.3) is 22.5 Å². The normalized spacial score (nSPS) is 10.5. The first-order valence-corrected chi connectivity index (χ1v) is 9.04. The Labute approximate surface area is 164 Å². The monoisotopic (exact) mass is 365 g/mol. The maximum absolute atomic E-state index is 13.0. The third kappa shape index (κ3) is 3.53. The second-order valence-electron chi connectivity index (χ2n) is 6.41. The number of aromatic nitrogens is 2. The minimum atomic E-state index is -0.150. The van der Waals surface area contributed by atoms with Crippen molar-refractivity contribution in [2.24, 2.45) is 0 Å². The van der Waals surface area contributed by atoms with Crippen molar-refractivity contribution in [2.75, 3.05) is 11.9 Å². The van der Waals surface area contributed by atoms with E-state index in [0.717, 1.165) is 22.4 Å². The summed E-state index contributed by atoms with van der Waals surface area (Å²) in [7, 11) is 1.77. The summed E-state index contributed by atoms with van der Waals surface area (Å²) >= 11 is 0. The van der Waals surface area contributed by atoms with Crippen LogP contribution in [0.2, 0.25) is 0 Å². The van der Waals surface area contributed by atoms with E-state index in [1.165, 1.54) is 0 Å². The lowest BCUT2D eigenvalue weighted by molar-refractivity contribution is 0.0992. The van der Waals surface area contributed by atoms with Gasteiger partial charge in [0, 0.05) is 30.6 Å². The van der Waals surface area contributed by atoms with Gasteiger partial charge in [-0.15, -0.1) is 0 Å². The molecule has 1 heterocycles. The summed E-state index contributed by atoms with van der Waals surface area (Å²) in [6.45, 7) is 0. The molecule has 136 valence electrons. The van der Waals surface area contributed by atoms with Crippen molar-refractivity contribution in [3.8, 4) is 22.5 Å². The quantitative estimate of drug-likeness (QED) is 0.506. The molecule has 0 unspecified atom stereocenters. The topological polar surface area (TPSA) is 46.1 Å². The van der Waals surface area contributed by atoms with Crippen LogP contribution in [0.1, 0.15) is 10.4 Å². The number of carbonyl (C=O) groups is 1. The van der Waals surface area contributed by atoms with Gasteiger partial charge in [0.05, 0.1) is 11.3 Å². The van der Waals surface area contributed by atoms with E-state index in [0.29, 0.717) is 11.4 Å². The van der Waals surface area contributed by atoms with Crippen LogP contribution in [0.4, 0.5) is 5.69 Å². The largest absolute Gasteiger partial charge is 0.311 e. The van der Waals surface area contributed by atoms with E-state index in [1.54, 1.807) is 24.3 Å². The molecule has 0 aliphatic rings. The van der Waals surface area contributed by atoms with E-state index in [-0.39, 0.29) is 5.91 Å². The van der Waals surface area contributed by atoms with Crippen LogP contribution in [0.15, 0.2) is 97.3 Å². The molecule has 0 saturated carbocycles. The fraction of sp³-hybridized carbons (Fsp3) is 0.0417. The lowest BCUT2D eigenvalue weighted by atomic mass is 10.0. The van der Waals surface area contributed by atoms with Gasteiger partial charge < -0.3 is 4.90 Å². The Balaban J connectivity index is 1.63. The summed E-state index contributed by atoms with van der Waals surface area (Å²) in [6.07, 6.45) is 3.17. The number of hydrogen-bond acceptors (Lipinski definition) is 3. The van der Waals surface area contributed by atoms with E-state index in [1.807, 2.05) is 84.9 Å². The average molecular weight is 365 g/mol. The Morgan fingerprint density at radius 3 is 1.89 bits per heavy atom. The average Bonchev–Trinajstić information content (AvgIpc) is 2.79. The minimum absolute atomic E-state index is 0.150. The fourth-order valence-electron chi connectivity index (χ4n) is 3.11. The first kappa shape index (κ1) is 17.6. The molecule has 4 nitrogen and oxygen atoms in total. The van der Waals surface area contributed by atoms with Crippen LogP contribution in [0, 0.1) is 0 Å². The molecular weight excluding hydrogens is 346 g/mol. The van der Waals surface area contributed by atoms with Crippen LogP contribution in [0.5, 0.6) is 0 Å². The van der Waals surface area contributed by atoms with E-state index in [9.17, 15) is 4.79 Å². The standard InChI is InChI=1S/C24H19N3O/c1-27(22-15-9-8-14-21(22)18-10-4-2-5-11-18)24(28)20-16-25-23(26-17-20)19-12-6-3-7-13-19/h2-17H,1H3. The van der Waals surface area contributed by atoms with Gasteiger partial charge in [0.2, 0.25) is 0 Å². The second-order valence-corrected chi connectivity index (χ2v) is 6.41. The minimum Gasteiger partial charge on any atom is -0.311 e. The molecule has 0 bridgehead atoms. The van der Waals surface area contributed by atoms with E-state index in [2.05, 4.69) is 9.97 Å². The molecule has 1 amide bonds. The van der Waals surface area contributed by atoms with Crippen molar-refractivity contribution in [3.63, 3.8) is 0 Å². The summed E-state index contributed by atoms with van der Waals surface area (Å²) in [4.78, 5) is 23.4. The number of nitrogens with zero attached hydrogens (tertiary/aromatic N) is 3.